The lowest BCUT2D eigenvalue weighted by Crippen LogP contribution is -2.13. The van der Waals surface area contributed by atoms with Crippen LogP contribution in [0.3, 0.4) is 0 Å². The quantitative estimate of drug-likeness (QED) is 0.566. The molecule has 74 valence electrons. The van der Waals surface area contributed by atoms with Gasteiger partial charge in [0.15, 0.2) is 0 Å². The van der Waals surface area contributed by atoms with Crippen LogP contribution < -0.4 is 0 Å². The summed E-state index contributed by atoms with van der Waals surface area (Å²) in [7, 11) is 0. The zero-order valence-electron chi connectivity index (χ0n) is 8.28. The number of rotatable bonds is 3. The molecule has 1 aliphatic carbocycles. The van der Waals surface area contributed by atoms with Gasteiger partial charge in [-0.1, -0.05) is 0 Å². The number of thiazole rings is 1. The molecule has 0 amide bonds. The molecule has 0 saturated heterocycles. The molecule has 0 unspecified atom stereocenters. The molecule has 14 heavy (non-hydrogen) atoms. The maximum Gasteiger partial charge on any atom is 0.235 e. The fourth-order valence-electron chi connectivity index (χ4n) is 1.26. The van der Waals surface area contributed by atoms with Crippen molar-refractivity contribution in [1.82, 2.24) is 4.98 Å². The van der Waals surface area contributed by atoms with Crippen molar-refractivity contribution in [1.29, 1.82) is 0 Å². The number of hydrogen-bond donors (Lipinski definition) is 0. The SMILES string of the molecule is CC(C)(N=C=O)c1csc(C2CC2)n1. The van der Waals surface area contributed by atoms with E-state index in [1.165, 1.54) is 17.8 Å². The first kappa shape index (κ1) is 9.56. The molecular formula is C10H12N2OS. The van der Waals surface area contributed by atoms with E-state index in [0.29, 0.717) is 5.92 Å². The minimum Gasteiger partial charge on any atom is -0.243 e. The Bertz CT molecular complexity index is 387. The second kappa shape index (κ2) is 3.30. The smallest absolute Gasteiger partial charge is 0.235 e. The molecule has 1 fully saturated rings. The van der Waals surface area contributed by atoms with Gasteiger partial charge in [0.25, 0.3) is 0 Å². The molecule has 1 aromatic rings. The molecule has 0 spiro atoms. The van der Waals surface area contributed by atoms with Crippen molar-refractivity contribution < 1.29 is 4.79 Å². The normalized spacial score (nSPS) is 16.4. The largest absolute Gasteiger partial charge is 0.243 e. The summed E-state index contributed by atoms with van der Waals surface area (Å²) >= 11 is 1.67. The van der Waals surface area contributed by atoms with E-state index in [1.54, 1.807) is 17.4 Å². The summed E-state index contributed by atoms with van der Waals surface area (Å²) in [4.78, 5) is 18.5. The molecule has 1 heterocycles. The highest BCUT2D eigenvalue weighted by molar-refractivity contribution is 7.09. The summed E-state index contributed by atoms with van der Waals surface area (Å²) < 4.78 is 0. The highest BCUT2D eigenvalue weighted by atomic mass is 32.1. The van der Waals surface area contributed by atoms with Crippen LogP contribution in [0.1, 0.15) is 43.3 Å². The highest BCUT2D eigenvalue weighted by Gasteiger charge is 2.29. The van der Waals surface area contributed by atoms with Crippen LogP contribution in [0.15, 0.2) is 10.4 Å². The molecule has 1 aromatic heterocycles. The zero-order chi connectivity index (χ0) is 10.2. The van der Waals surface area contributed by atoms with Gasteiger partial charge in [-0.3, -0.25) is 0 Å². The van der Waals surface area contributed by atoms with Gasteiger partial charge < -0.3 is 0 Å². The number of aliphatic imine (C=N–C) groups is 1. The molecular weight excluding hydrogens is 196 g/mol. The summed E-state index contributed by atoms with van der Waals surface area (Å²) in [5.41, 5.74) is 0.360. The predicted molar refractivity (Wildman–Crippen MR) is 55.2 cm³/mol. The van der Waals surface area contributed by atoms with E-state index in [-0.39, 0.29) is 0 Å². The van der Waals surface area contributed by atoms with E-state index in [9.17, 15) is 4.79 Å². The van der Waals surface area contributed by atoms with Gasteiger partial charge in [0.1, 0.15) is 5.54 Å². The summed E-state index contributed by atoms with van der Waals surface area (Å²) in [5.74, 6) is 0.671. The second-order valence-electron chi connectivity index (χ2n) is 4.11. The van der Waals surface area contributed by atoms with Crippen molar-refractivity contribution in [2.45, 2.75) is 38.1 Å². The molecule has 1 aliphatic rings. The minimum absolute atomic E-state index is 0.522. The average Bonchev–Trinajstić information content (AvgIpc) is 2.83. The van der Waals surface area contributed by atoms with Crippen molar-refractivity contribution in [3.63, 3.8) is 0 Å². The Labute approximate surface area is 86.9 Å². The third-order valence-electron chi connectivity index (χ3n) is 2.40. The lowest BCUT2D eigenvalue weighted by atomic mass is 10.0. The molecule has 1 saturated carbocycles. The monoisotopic (exact) mass is 208 g/mol. The molecule has 0 radical (unpaired) electrons. The molecule has 0 N–H and O–H groups in total. The van der Waals surface area contributed by atoms with Crippen LogP contribution in [0.5, 0.6) is 0 Å². The van der Waals surface area contributed by atoms with Crippen molar-refractivity contribution in [2.24, 2.45) is 4.99 Å². The van der Waals surface area contributed by atoms with Gasteiger partial charge in [-0.25, -0.2) is 9.78 Å². The van der Waals surface area contributed by atoms with Gasteiger partial charge in [0.05, 0.1) is 10.7 Å². The number of isocyanates is 1. The molecule has 4 heteroatoms. The van der Waals surface area contributed by atoms with E-state index in [4.69, 9.17) is 0 Å². The Kier molecular flexibility index (Phi) is 2.25. The molecule has 0 aromatic carbocycles. The first-order chi connectivity index (χ1) is 6.63. The van der Waals surface area contributed by atoms with Crippen molar-refractivity contribution in [2.75, 3.05) is 0 Å². The summed E-state index contributed by atoms with van der Waals surface area (Å²) in [6.45, 7) is 3.76. The Morgan fingerprint density at radius 3 is 2.93 bits per heavy atom. The summed E-state index contributed by atoms with van der Waals surface area (Å²) in [6.07, 6.45) is 4.11. The summed E-state index contributed by atoms with van der Waals surface area (Å²) in [5, 5.41) is 3.18. The Balaban J connectivity index is 2.26. The lowest BCUT2D eigenvalue weighted by Gasteiger charge is -2.13. The first-order valence-electron chi connectivity index (χ1n) is 4.68. The number of carbonyl (C=O) groups excluding carboxylic acids is 1. The van der Waals surface area contributed by atoms with Gasteiger partial charge >= 0.3 is 0 Å². The lowest BCUT2D eigenvalue weighted by molar-refractivity contribution is 0.513. The van der Waals surface area contributed by atoms with Crippen LogP contribution in [-0.4, -0.2) is 11.1 Å². The van der Waals surface area contributed by atoms with Gasteiger partial charge in [-0.15, -0.1) is 11.3 Å². The van der Waals surface area contributed by atoms with E-state index in [1.807, 2.05) is 19.2 Å². The Morgan fingerprint density at radius 2 is 2.36 bits per heavy atom. The standard InChI is InChI=1S/C10H12N2OS/c1-10(2,11-6-13)8-5-14-9(12-8)7-3-4-7/h5,7H,3-4H2,1-2H3. The fourth-order valence-corrected chi connectivity index (χ4v) is 2.41. The minimum atomic E-state index is -0.522. The Hall–Kier alpha value is -0.990. The molecule has 0 atom stereocenters. The van der Waals surface area contributed by atoms with Crippen molar-refractivity contribution >= 4 is 17.4 Å². The van der Waals surface area contributed by atoms with E-state index in [0.717, 1.165) is 5.69 Å². The van der Waals surface area contributed by atoms with E-state index in [2.05, 4.69) is 9.98 Å². The summed E-state index contributed by atoms with van der Waals surface area (Å²) in [6, 6.07) is 0. The average molecular weight is 208 g/mol. The predicted octanol–water partition coefficient (Wildman–Crippen LogP) is 2.59. The van der Waals surface area contributed by atoms with Crippen LogP contribution in [0, 0.1) is 0 Å². The molecule has 0 bridgehead atoms. The zero-order valence-corrected chi connectivity index (χ0v) is 9.10. The fraction of sp³-hybridized carbons (Fsp3) is 0.600. The van der Waals surface area contributed by atoms with Crippen LogP contribution in [0.25, 0.3) is 0 Å². The topological polar surface area (TPSA) is 42.3 Å². The Morgan fingerprint density at radius 1 is 1.64 bits per heavy atom. The number of aromatic nitrogens is 1. The number of hydrogen-bond acceptors (Lipinski definition) is 4. The molecule has 3 nitrogen and oxygen atoms in total. The van der Waals surface area contributed by atoms with Crippen LogP contribution in [0.2, 0.25) is 0 Å². The first-order valence-corrected chi connectivity index (χ1v) is 5.56. The third-order valence-corrected chi connectivity index (χ3v) is 3.41. The van der Waals surface area contributed by atoms with Gasteiger partial charge in [-0.05, 0) is 26.7 Å². The second-order valence-corrected chi connectivity index (χ2v) is 5.00. The number of nitrogens with zero attached hydrogens (tertiary/aromatic N) is 2. The molecule has 2 rings (SSSR count). The third kappa shape index (κ3) is 1.76. The van der Waals surface area contributed by atoms with Gasteiger partial charge in [0, 0.05) is 11.3 Å². The van der Waals surface area contributed by atoms with Crippen LogP contribution in [0.4, 0.5) is 0 Å². The van der Waals surface area contributed by atoms with Crippen molar-refractivity contribution in [3.8, 4) is 0 Å². The maximum absolute atomic E-state index is 10.2. The highest BCUT2D eigenvalue weighted by Crippen LogP contribution is 2.42. The van der Waals surface area contributed by atoms with Crippen LogP contribution in [-0.2, 0) is 10.3 Å². The van der Waals surface area contributed by atoms with Gasteiger partial charge in [0.2, 0.25) is 6.08 Å². The van der Waals surface area contributed by atoms with Crippen LogP contribution >= 0.6 is 11.3 Å². The van der Waals surface area contributed by atoms with E-state index < -0.39 is 5.54 Å². The van der Waals surface area contributed by atoms with Crippen molar-refractivity contribution in [3.05, 3.63) is 16.1 Å². The maximum atomic E-state index is 10.2. The molecule has 0 aliphatic heterocycles. The van der Waals surface area contributed by atoms with E-state index >= 15 is 0 Å². The van der Waals surface area contributed by atoms with Gasteiger partial charge in [-0.2, -0.15) is 4.99 Å².